The number of ether oxygens (including phenoxy) is 9. The first kappa shape index (κ1) is 26.4. The highest BCUT2D eigenvalue weighted by atomic mass is 32.1. The summed E-state index contributed by atoms with van der Waals surface area (Å²) in [5.41, 5.74) is 0.872. The van der Waals surface area contributed by atoms with Gasteiger partial charge < -0.3 is 58.0 Å². The molecule has 0 saturated carbocycles. The van der Waals surface area contributed by atoms with Crippen molar-refractivity contribution in [3.63, 3.8) is 0 Å². The molecule has 46 heavy (non-hydrogen) atoms. The van der Waals surface area contributed by atoms with Crippen LogP contribution >= 0.6 is 11.3 Å². The first-order valence-electron chi connectivity index (χ1n) is 16.1. The smallest absolute Gasteiger partial charge is 0.310 e. The van der Waals surface area contributed by atoms with Gasteiger partial charge in [-0.2, -0.15) is 0 Å². The van der Waals surface area contributed by atoms with Crippen LogP contribution in [0.3, 0.4) is 0 Å². The number of hydrogen-bond donors (Lipinski definition) is 3. The van der Waals surface area contributed by atoms with Crippen LogP contribution in [-0.2, 0) is 28.5 Å². The Bertz CT molecular complexity index is 1750. The van der Waals surface area contributed by atoms with E-state index in [1.54, 1.807) is 29.6 Å². The standard InChI is InChI=1S/C32H32O13S/c1-37-19-6-13(7-20(38-2)25(19)33)23-14-8-17-18(42-12-41-17)9-15(14)28(16-10-39-30(36)24(16)23)44-32-27(35)26(34)29-21(43-32)11-40-31(45-29)22-4-3-5-46-22/h3-9,16,21,23-24,26-29,31-35H,10-12H2,1-2H3/t16-,21+,23+,24-,26+,27+,28+,29+,31+,32-/m0/s1/i11D2,23D. The molecule has 3 fully saturated rings. The molecule has 0 spiro atoms. The molecule has 2 aromatic carbocycles. The van der Waals surface area contributed by atoms with Crippen LogP contribution in [0, 0.1) is 11.8 Å². The molecule has 13 nitrogen and oxygen atoms in total. The highest BCUT2D eigenvalue weighted by Crippen LogP contribution is 2.57. The average Bonchev–Trinajstić information content (AvgIpc) is 3.86. The van der Waals surface area contributed by atoms with Crippen LogP contribution in [0.25, 0.3) is 0 Å². The molecule has 3 aromatic rings. The van der Waals surface area contributed by atoms with Crippen molar-refractivity contribution in [2.24, 2.45) is 11.8 Å². The summed E-state index contributed by atoms with van der Waals surface area (Å²) in [5, 5.41) is 35.0. The number of carbonyl (C=O) groups excluding carboxylic acids is 1. The molecule has 14 heteroatoms. The van der Waals surface area contributed by atoms with Gasteiger partial charge in [-0.1, -0.05) is 6.07 Å². The fraction of sp³-hybridized carbons (Fsp3) is 0.469. The molecule has 1 aromatic heterocycles. The molecule has 0 bridgehead atoms. The van der Waals surface area contributed by atoms with E-state index in [2.05, 4.69) is 0 Å². The number of fused-ring (bicyclic) bond motifs is 4. The van der Waals surface area contributed by atoms with Crippen LogP contribution in [0.2, 0.25) is 0 Å². The molecule has 10 atom stereocenters. The number of methoxy groups -OCH3 is 2. The lowest BCUT2D eigenvalue weighted by Crippen LogP contribution is -2.62. The Morgan fingerprint density at radius 1 is 1.00 bits per heavy atom. The van der Waals surface area contributed by atoms with Crippen LogP contribution in [-0.4, -0.2) is 86.2 Å². The van der Waals surface area contributed by atoms with Crippen LogP contribution in [0.15, 0.2) is 41.8 Å². The molecular weight excluding hydrogens is 624 g/mol. The number of aromatic hydroxyl groups is 1. The summed E-state index contributed by atoms with van der Waals surface area (Å²) < 4.78 is 79.0. The van der Waals surface area contributed by atoms with Gasteiger partial charge in [-0.25, -0.2) is 0 Å². The SMILES string of the molecule is [2H]C1([2H])O[C@@H](c2cccs2)O[C@H]2[C@H](O)[C@@H](O)[C@H](O[C@@H]3c4cc5c(cc4[C@@]([2H])(c4cc(OC)c(O)c(OC)c4)[C@H]4C(=O)OC[C@H]34)OCO5)O[C@@H]21. The van der Waals surface area contributed by atoms with E-state index < -0.39 is 73.4 Å². The number of aliphatic hydroxyl groups excluding tert-OH is 2. The van der Waals surface area contributed by atoms with Crippen molar-refractivity contribution >= 4 is 17.3 Å². The Hall–Kier alpha value is -3.63. The molecule has 3 saturated heterocycles. The van der Waals surface area contributed by atoms with E-state index in [9.17, 15) is 21.5 Å². The van der Waals surface area contributed by atoms with Gasteiger partial charge in [0.1, 0.15) is 24.4 Å². The zero-order valence-electron chi connectivity index (χ0n) is 27.5. The molecule has 244 valence electrons. The molecule has 8 rings (SSSR count). The summed E-state index contributed by atoms with van der Waals surface area (Å²) in [6.07, 6.45) is -10.1. The van der Waals surface area contributed by atoms with Crippen LogP contribution in [0.4, 0.5) is 0 Å². The number of hydrogen-bond acceptors (Lipinski definition) is 14. The molecule has 5 aliphatic rings. The number of cyclic esters (lactones) is 1. The number of thiophene rings is 1. The number of carbonyl (C=O) groups is 1. The monoisotopic (exact) mass is 659 g/mol. The predicted octanol–water partition coefficient (Wildman–Crippen LogP) is 2.75. The van der Waals surface area contributed by atoms with Gasteiger partial charge in [0.15, 0.2) is 35.6 Å². The summed E-state index contributed by atoms with van der Waals surface area (Å²) in [4.78, 5) is 14.2. The zero-order chi connectivity index (χ0) is 34.4. The molecule has 4 aliphatic heterocycles. The minimum absolute atomic E-state index is 0.0133. The first-order chi connectivity index (χ1) is 23.5. The number of phenolic OH excluding ortho intramolecular Hbond substituents is 1. The van der Waals surface area contributed by atoms with Crippen LogP contribution < -0.4 is 18.9 Å². The Labute approximate surface area is 271 Å². The van der Waals surface area contributed by atoms with Crippen molar-refractivity contribution in [2.45, 2.75) is 49.0 Å². The molecule has 0 radical (unpaired) electrons. The number of benzene rings is 2. The Kier molecular flexibility index (Phi) is 6.64. The van der Waals surface area contributed by atoms with Crippen molar-refractivity contribution in [1.29, 1.82) is 0 Å². The topological polar surface area (TPSA) is 161 Å². The number of aliphatic hydroxyl groups is 2. The summed E-state index contributed by atoms with van der Waals surface area (Å²) in [6.45, 7) is -2.74. The molecule has 0 amide bonds. The maximum Gasteiger partial charge on any atom is 0.310 e. The third kappa shape index (κ3) is 4.70. The van der Waals surface area contributed by atoms with Gasteiger partial charge >= 0.3 is 5.97 Å². The highest BCUT2D eigenvalue weighted by molar-refractivity contribution is 7.10. The molecule has 0 unspecified atom stereocenters. The Morgan fingerprint density at radius 2 is 1.74 bits per heavy atom. The summed E-state index contributed by atoms with van der Waals surface area (Å²) >= 11 is 1.28. The van der Waals surface area contributed by atoms with E-state index in [1.807, 2.05) is 0 Å². The largest absolute Gasteiger partial charge is 0.502 e. The van der Waals surface area contributed by atoms with Crippen molar-refractivity contribution in [3.05, 3.63) is 63.3 Å². The van der Waals surface area contributed by atoms with Crippen molar-refractivity contribution < 1.29 is 66.9 Å². The van der Waals surface area contributed by atoms with Gasteiger partial charge in [-0.05, 0) is 52.4 Å². The normalized spacial score (nSPS) is 38.0. The molecule has 5 heterocycles. The Balaban J connectivity index is 1.20. The van der Waals surface area contributed by atoms with Gasteiger partial charge in [0.2, 0.25) is 12.5 Å². The number of phenols is 1. The van der Waals surface area contributed by atoms with E-state index in [4.69, 9.17) is 45.4 Å². The maximum atomic E-state index is 13.6. The van der Waals surface area contributed by atoms with Gasteiger partial charge in [0, 0.05) is 13.2 Å². The van der Waals surface area contributed by atoms with Crippen LogP contribution in [0.1, 0.15) is 44.0 Å². The van der Waals surface area contributed by atoms with Crippen LogP contribution in [0.5, 0.6) is 28.7 Å². The lowest BCUT2D eigenvalue weighted by Gasteiger charge is -2.48. The fourth-order valence-electron chi connectivity index (χ4n) is 6.71. The third-order valence-corrected chi connectivity index (χ3v) is 9.80. The summed E-state index contributed by atoms with van der Waals surface area (Å²) in [5.74, 6) is -4.24. The molecular formula is C32H32O13S. The Morgan fingerprint density at radius 3 is 2.43 bits per heavy atom. The highest BCUT2D eigenvalue weighted by Gasteiger charge is 2.56. The number of rotatable bonds is 6. The second kappa shape index (κ2) is 11.6. The lowest BCUT2D eigenvalue weighted by atomic mass is 9.66. The van der Waals surface area contributed by atoms with E-state index in [1.165, 1.54) is 37.7 Å². The number of esters is 1. The predicted molar refractivity (Wildman–Crippen MR) is 156 cm³/mol. The van der Waals surface area contributed by atoms with E-state index in [-0.39, 0.29) is 41.8 Å². The lowest BCUT2D eigenvalue weighted by molar-refractivity contribution is -0.368. The van der Waals surface area contributed by atoms with Gasteiger partial charge in [0.25, 0.3) is 0 Å². The summed E-state index contributed by atoms with van der Waals surface area (Å²) in [7, 11) is 2.69. The van der Waals surface area contributed by atoms with E-state index in [0.29, 0.717) is 21.9 Å². The van der Waals surface area contributed by atoms with E-state index in [0.717, 1.165) is 0 Å². The van der Waals surface area contributed by atoms with E-state index >= 15 is 0 Å². The maximum absolute atomic E-state index is 13.6. The average molecular weight is 660 g/mol. The quantitative estimate of drug-likeness (QED) is 0.332. The van der Waals surface area contributed by atoms with Gasteiger partial charge in [-0.15, -0.1) is 11.3 Å². The van der Waals surface area contributed by atoms with Crippen molar-refractivity contribution in [1.82, 2.24) is 0 Å². The van der Waals surface area contributed by atoms with Gasteiger partial charge in [0.05, 0.1) is 47.0 Å². The third-order valence-electron chi connectivity index (χ3n) is 8.90. The molecule has 3 N–H and O–H groups in total. The van der Waals surface area contributed by atoms with Crippen molar-refractivity contribution in [2.75, 3.05) is 34.2 Å². The summed E-state index contributed by atoms with van der Waals surface area (Å²) in [6, 6.07) is 9.54. The fourth-order valence-corrected chi connectivity index (χ4v) is 7.39. The molecule has 1 aliphatic carbocycles. The zero-order valence-corrected chi connectivity index (χ0v) is 25.3. The minimum Gasteiger partial charge on any atom is -0.502 e. The minimum atomic E-state index is -2.47. The van der Waals surface area contributed by atoms with Crippen molar-refractivity contribution in [3.8, 4) is 28.7 Å². The second-order valence-corrected chi connectivity index (χ2v) is 12.3. The first-order valence-corrected chi connectivity index (χ1v) is 15.4. The van der Waals surface area contributed by atoms with Gasteiger partial charge in [-0.3, -0.25) is 4.79 Å². The second-order valence-electron chi connectivity index (χ2n) is 11.4.